The van der Waals surface area contributed by atoms with Crippen molar-refractivity contribution in [1.29, 1.82) is 0 Å². The summed E-state index contributed by atoms with van der Waals surface area (Å²) in [4.78, 5) is 29.0. The first-order valence-electron chi connectivity index (χ1n) is 13.5. The molecule has 0 aliphatic carbocycles. The maximum Gasteiger partial charge on any atom is 0.296 e. The molecule has 0 radical (unpaired) electrons. The number of rotatable bonds is 7. The Bertz CT molecular complexity index is 1360. The molecule has 4 rings (SSSR count). The van der Waals surface area contributed by atoms with Crippen LogP contribution in [-0.4, -0.2) is 61.2 Å². The summed E-state index contributed by atoms with van der Waals surface area (Å²) in [5, 5.41) is 15.2. The summed E-state index contributed by atoms with van der Waals surface area (Å²) in [6.45, 7) is 16.8. The number of ketones is 1. The van der Waals surface area contributed by atoms with Crippen molar-refractivity contribution in [2.24, 2.45) is 0 Å². The summed E-state index contributed by atoms with van der Waals surface area (Å²) in [5.74, 6) is -0.835. The number of fused-ring (bicyclic) bond motifs is 1. The van der Waals surface area contributed by atoms with Gasteiger partial charge in [-0.3, -0.25) is 14.5 Å². The second-order valence-corrected chi connectivity index (χ2v) is 12.2. The van der Waals surface area contributed by atoms with Gasteiger partial charge < -0.3 is 19.9 Å². The van der Waals surface area contributed by atoms with Crippen LogP contribution in [-0.2, 0) is 20.4 Å². The zero-order chi connectivity index (χ0) is 28.4. The number of anilines is 1. The number of benzene rings is 3. The van der Waals surface area contributed by atoms with Gasteiger partial charge in [-0.1, -0.05) is 71.9 Å². The molecule has 1 fully saturated rings. The molecule has 2 N–H and O–H groups in total. The minimum atomic E-state index is -0.803. The highest BCUT2D eigenvalue weighted by molar-refractivity contribution is 6.48. The molecule has 208 valence electrons. The number of nitrogens with one attached hydrogen (secondary N) is 1. The van der Waals surface area contributed by atoms with E-state index in [9.17, 15) is 14.7 Å². The van der Waals surface area contributed by atoms with Gasteiger partial charge in [0.25, 0.3) is 11.7 Å². The van der Waals surface area contributed by atoms with E-state index in [2.05, 4.69) is 31.0 Å². The third kappa shape index (κ3) is 6.60. The number of morpholine rings is 1. The van der Waals surface area contributed by atoms with Crippen LogP contribution in [0.3, 0.4) is 0 Å². The van der Waals surface area contributed by atoms with Crippen LogP contribution in [0.5, 0.6) is 11.5 Å². The number of hydrogen-bond donors (Lipinski definition) is 2. The van der Waals surface area contributed by atoms with Gasteiger partial charge in [0.05, 0.1) is 18.9 Å². The third-order valence-corrected chi connectivity index (χ3v) is 7.14. The maximum atomic E-state index is 13.4. The Morgan fingerprint density at radius 3 is 2.26 bits per heavy atom. The van der Waals surface area contributed by atoms with Crippen molar-refractivity contribution in [3.63, 3.8) is 0 Å². The monoisotopic (exact) mass is 532 g/mol. The minimum absolute atomic E-state index is 0.0227. The van der Waals surface area contributed by atoms with Crippen LogP contribution >= 0.6 is 0 Å². The number of ether oxygens (including phenoxy) is 2. The number of amides is 1. The third-order valence-electron chi connectivity index (χ3n) is 7.14. The van der Waals surface area contributed by atoms with Crippen molar-refractivity contribution in [3.8, 4) is 11.5 Å². The van der Waals surface area contributed by atoms with E-state index in [0.717, 1.165) is 43.8 Å². The Hall–Kier alpha value is -3.42. The van der Waals surface area contributed by atoms with E-state index < -0.39 is 11.7 Å². The van der Waals surface area contributed by atoms with Crippen LogP contribution < -0.4 is 10.1 Å². The largest absolute Gasteiger partial charge is 0.505 e. The van der Waals surface area contributed by atoms with E-state index in [1.807, 2.05) is 51.1 Å². The Kier molecular flexibility index (Phi) is 8.33. The van der Waals surface area contributed by atoms with Crippen molar-refractivity contribution in [2.75, 3.05) is 44.8 Å². The summed E-state index contributed by atoms with van der Waals surface area (Å²) < 4.78 is 11.5. The van der Waals surface area contributed by atoms with Gasteiger partial charge >= 0.3 is 0 Å². The summed E-state index contributed by atoms with van der Waals surface area (Å²) in [7, 11) is 0. The van der Waals surface area contributed by atoms with Crippen LogP contribution in [0.15, 0.2) is 48.5 Å². The fourth-order valence-corrected chi connectivity index (χ4v) is 4.74. The highest BCUT2D eigenvalue weighted by Crippen LogP contribution is 2.40. The molecule has 7 heteroatoms. The topological polar surface area (TPSA) is 88.1 Å². The number of aromatic hydroxyl groups is 1. The SMILES string of the molecule is CC(C)(C)c1cc(NC(=O)C(=O)c2ccc(OCCN3CCOCC3)c3ccccc23)c(O)c(C(C)(C)C)c1. The lowest BCUT2D eigenvalue weighted by atomic mass is 9.79. The Morgan fingerprint density at radius 1 is 0.949 bits per heavy atom. The fraction of sp³-hybridized carbons (Fsp3) is 0.438. The number of hydrogen-bond acceptors (Lipinski definition) is 6. The van der Waals surface area contributed by atoms with Gasteiger partial charge in [0.2, 0.25) is 0 Å². The van der Waals surface area contributed by atoms with Crippen LogP contribution in [0.2, 0.25) is 0 Å². The molecule has 39 heavy (non-hydrogen) atoms. The van der Waals surface area contributed by atoms with E-state index >= 15 is 0 Å². The Balaban J connectivity index is 1.58. The number of nitrogens with zero attached hydrogens (tertiary/aromatic N) is 1. The molecule has 1 aliphatic rings. The average Bonchev–Trinajstić information content (AvgIpc) is 2.88. The lowest BCUT2D eigenvalue weighted by Gasteiger charge is -2.27. The lowest BCUT2D eigenvalue weighted by molar-refractivity contribution is -0.112. The van der Waals surface area contributed by atoms with Crippen molar-refractivity contribution < 1.29 is 24.2 Å². The Morgan fingerprint density at radius 2 is 1.62 bits per heavy atom. The normalized spacial score (nSPS) is 14.8. The van der Waals surface area contributed by atoms with Crippen molar-refractivity contribution >= 4 is 28.2 Å². The Labute approximate surface area is 231 Å². The molecule has 0 saturated carbocycles. The predicted molar refractivity (Wildman–Crippen MR) is 155 cm³/mol. The van der Waals surface area contributed by atoms with Crippen LogP contribution in [0.25, 0.3) is 10.8 Å². The molecule has 1 aliphatic heterocycles. The van der Waals surface area contributed by atoms with Gasteiger partial charge in [-0.05, 0) is 40.0 Å². The van der Waals surface area contributed by atoms with Crippen LogP contribution in [0, 0.1) is 0 Å². The molecular formula is C32H40N2O5. The first-order chi connectivity index (χ1) is 18.4. The summed E-state index contributed by atoms with van der Waals surface area (Å²) in [6, 6.07) is 14.5. The smallest absolute Gasteiger partial charge is 0.296 e. The minimum Gasteiger partial charge on any atom is -0.505 e. The van der Waals surface area contributed by atoms with E-state index in [-0.39, 0.29) is 27.8 Å². The molecule has 1 saturated heterocycles. The van der Waals surface area contributed by atoms with Crippen molar-refractivity contribution in [1.82, 2.24) is 4.90 Å². The van der Waals surface area contributed by atoms with Crippen molar-refractivity contribution in [3.05, 3.63) is 65.2 Å². The molecule has 0 bridgehead atoms. The molecule has 3 aromatic carbocycles. The van der Waals surface area contributed by atoms with Crippen LogP contribution in [0.4, 0.5) is 5.69 Å². The molecule has 7 nitrogen and oxygen atoms in total. The molecular weight excluding hydrogens is 492 g/mol. The zero-order valence-corrected chi connectivity index (χ0v) is 23.9. The van der Waals surface area contributed by atoms with Gasteiger partial charge in [-0.25, -0.2) is 0 Å². The van der Waals surface area contributed by atoms with Crippen molar-refractivity contribution in [2.45, 2.75) is 52.4 Å². The zero-order valence-electron chi connectivity index (χ0n) is 23.9. The first kappa shape index (κ1) is 28.6. The molecule has 3 aromatic rings. The summed E-state index contributed by atoms with van der Waals surface area (Å²) in [5.41, 5.74) is 1.61. The molecule has 1 amide bonds. The molecule has 0 unspecified atom stereocenters. The standard InChI is InChI=1S/C32H40N2O5/c1-31(2,3)21-19-25(32(4,5)6)29(36)26(20-21)33-30(37)28(35)24-11-12-27(23-10-8-7-9-22(23)24)39-18-15-34-13-16-38-17-14-34/h7-12,19-20,36H,13-18H2,1-6H3,(H,33,37). The van der Waals surface area contributed by atoms with Gasteiger partial charge in [0.1, 0.15) is 18.1 Å². The fourth-order valence-electron chi connectivity index (χ4n) is 4.74. The number of phenols is 1. The van der Waals surface area contributed by atoms with E-state index in [0.29, 0.717) is 23.3 Å². The number of carbonyl (C=O) groups excluding carboxylic acids is 2. The number of carbonyl (C=O) groups is 2. The van der Waals surface area contributed by atoms with Gasteiger partial charge in [-0.15, -0.1) is 0 Å². The predicted octanol–water partition coefficient (Wildman–Crippen LogP) is 5.67. The van der Waals surface area contributed by atoms with E-state index in [1.165, 1.54) is 0 Å². The molecule has 1 heterocycles. The van der Waals surface area contributed by atoms with Gasteiger partial charge in [0.15, 0.2) is 0 Å². The second kappa shape index (κ2) is 11.4. The first-order valence-corrected chi connectivity index (χ1v) is 13.5. The van der Waals surface area contributed by atoms with E-state index in [4.69, 9.17) is 9.47 Å². The molecule has 0 aromatic heterocycles. The lowest BCUT2D eigenvalue weighted by Crippen LogP contribution is -2.38. The second-order valence-electron chi connectivity index (χ2n) is 12.2. The molecule has 0 atom stereocenters. The van der Waals surface area contributed by atoms with Gasteiger partial charge in [-0.2, -0.15) is 0 Å². The summed E-state index contributed by atoms with van der Waals surface area (Å²) in [6.07, 6.45) is 0. The highest BCUT2D eigenvalue weighted by Gasteiger charge is 2.27. The van der Waals surface area contributed by atoms with Crippen LogP contribution in [0.1, 0.15) is 63.0 Å². The van der Waals surface area contributed by atoms with Gasteiger partial charge in [0, 0.05) is 36.1 Å². The maximum absolute atomic E-state index is 13.4. The molecule has 0 spiro atoms. The highest BCUT2D eigenvalue weighted by atomic mass is 16.5. The van der Waals surface area contributed by atoms with E-state index in [1.54, 1.807) is 18.2 Å². The summed E-state index contributed by atoms with van der Waals surface area (Å²) >= 11 is 0. The quantitative estimate of drug-likeness (QED) is 0.232. The average molecular weight is 533 g/mol. The number of phenolic OH excluding ortho intramolecular Hbond substituents is 1. The number of Topliss-reactive ketones (excluding diaryl/α,β-unsaturated/α-hetero) is 1.